The van der Waals surface area contributed by atoms with E-state index in [1.807, 2.05) is 18.2 Å². The van der Waals surface area contributed by atoms with Crippen LogP contribution in [-0.4, -0.2) is 39.4 Å². The summed E-state index contributed by atoms with van der Waals surface area (Å²) in [5.41, 5.74) is 1.32. The van der Waals surface area contributed by atoms with E-state index < -0.39 is 10.0 Å². The first-order valence-electron chi connectivity index (χ1n) is 8.36. The first-order chi connectivity index (χ1) is 12.0. The zero-order valence-electron chi connectivity index (χ0n) is 14.1. The van der Waals surface area contributed by atoms with Crippen molar-refractivity contribution in [2.75, 3.05) is 20.1 Å². The van der Waals surface area contributed by atoms with Crippen LogP contribution in [0.5, 0.6) is 0 Å². The summed E-state index contributed by atoms with van der Waals surface area (Å²) in [5.74, 6) is 0.370. The Kier molecular flexibility index (Phi) is 5.24. The number of benzene rings is 1. The molecule has 0 saturated carbocycles. The van der Waals surface area contributed by atoms with E-state index in [9.17, 15) is 13.2 Å². The predicted octanol–water partition coefficient (Wildman–Crippen LogP) is 2.28. The number of hydrogen-bond acceptors (Lipinski definition) is 4. The first kappa shape index (κ1) is 17.7. The number of nitrogens with one attached hydrogen (secondary N) is 1. The summed E-state index contributed by atoms with van der Waals surface area (Å²) in [6.45, 7) is 1.32. The second-order valence-corrected chi connectivity index (χ2v) is 8.07. The maximum Gasteiger partial charge on any atom is 0.289 e. The number of hydrogen-bond donors (Lipinski definition) is 1. The van der Waals surface area contributed by atoms with Gasteiger partial charge in [0.2, 0.25) is 5.09 Å². The summed E-state index contributed by atoms with van der Waals surface area (Å²) >= 11 is 0. The Morgan fingerprint density at radius 1 is 1.16 bits per heavy atom. The topological polar surface area (TPSA) is 79.6 Å². The normalized spacial score (nSPS) is 16.1. The van der Waals surface area contributed by atoms with Crippen molar-refractivity contribution in [1.29, 1.82) is 0 Å². The highest BCUT2D eigenvalue weighted by molar-refractivity contribution is 7.89. The van der Waals surface area contributed by atoms with E-state index >= 15 is 0 Å². The van der Waals surface area contributed by atoms with Crippen molar-refractivity contribution < 1.29 is 17.6 Å². The number of piperidine rings is 1. The van der Waals surface area contributed by atoms with Gasteiger partial charge in [0.15, 0.2) is 5.76 Å². The molecule has 7 heteroatoms. The van der Waals surface area contributed by atoms with Gasteiger partial charge in [0.25, 0.3) is 15.9 Å². The van der Waals surface area contributed by atoms with Crippen molar-refractivity contribution in [3.05, 3.63) is 53.8 Å². The van der Waals surface area contributed by atoms with Gasteiger partial charge >= 0.3 is 0 Å². The fraction of sp³-hybridized carbons (Fsp3) is 0.389. The summed E-state index contributed by atoms with van der Waals surface area (Å²) in [7, 11) is -2.37. The summed E-state index contributed by atoms with van der Waals surface area (Å²) in [6, 6.07) is 13.1. The summed E-state index contributed by atoms with van der Waals surface area (Å²) < 4.78 is 30.8. The second kappa shape index (κ2) is 7.41. The zero-order valence-corrected chi connectivity index (χ0v) is 15.0. The molecule has 2 aromatic rings. The van der Waals surface area contributed by atoms with Crippen LogP contribution in [0.3, 0.4) is 0 Å². The molecule has 1 saturated heterocycles. The molecule has 0 spiro atoms. The lowest BCUT2D eigenvalue weighted by molar-refractivity contribution is 0.0653. The Balaban J connectivity index is 1.58. The molecule has 25 heavy (non-hydrogen) atoms. The molecule has 0 radical (unpaired) electrons. The van der Waals surface area contributed by atoms with Crippen LogP contribution in [0.2, 0.25) is 0 Å². The minimum absolute atomic E-state index is 0.0651. The molecule has 1 aromatic carbocycles. The van der Waals surface area contributed by atoms with E-state index in [-0.39, 0.29) is 16.8 Å². The summed E-state index contributed by atoms with van der Waals surface area (Å²) in [5, 5.41) is -0.239. The Labute approximate surface area is 147 Å². The van der Waals surface area contributed by atoms with E-state index in [1.54, 1.807) is 4.90 Å². The number of carbonyl (C=O) groups excluding carboxylic acids is 1. The lowest BCUT2D eigenvalue weighted by atomic mass is 9.90. The highest BCUT2D eigenvalue weighted by Crippen LogP contribution is 2.23. The quantitative estimate of drug-likeness (QED) is 0.885. The predicted molar refractivity (Wildman–Crippen MR) is 93.7 cm³/mol. The summed E-state index contributed by atoms with van der Waals surface area (Å²) in [4.78, 5) is 14.2. The van der Waals surface area contributed by atoms with Gasteiger partial charge in [-0.25, -0.2) is 13.1 Å². The van der Waals surface area contributed by atoms with E-state index in [0.717, 1.165) is 19.3 Å². The number of sulfonamides is 1. The molecule has 2 heterocycles. The number of likely N-dealkylation sites (tertiary alicyclic amines) is 1. The van der Waals surface area contributed by atoms with E-state index in [4.69, 9.17) is 4.42 Å². The Bertz CT molecular complexity index is 822. The molecule has 1 fully saturated rings. The van der Waals surface area contributed by atoms with Crippen LogP contribution >= 0.6 is 0 Å². The van der Waals surface area contributed by atoms with Gasteiger partial charge in [-0.3, -0.25) is 4.79 Å². The largest absolute Gasteiger partial charge is 0.438 e. The van der Waals surface area contributed by atoms with Crippen LogP contribution in [0.25, 0.3) is 0 Å². The van der Waals surface area contributed by atoms with Crippen molar-refractivity contribution in [3.63, 3.8) is 0 Å². The molecule has 1 amide bonds. The number of furan rings is 1. The highest BCUT2D eigenvalue weighted by atomic mass is 32.2. The van der Waals surface area contributed by atoms with Gasteiger partial charge in [-0.1, -0.05) is 30.3 Å². The lowest BCUT2D eigenvalue weighted by Crippen LogP contribution is -2.38. The first-order valence-corrected chi connectivity index (χ1v) is 9.84. The maximum absolute atomic E-state index is 12.5. The van der Waals surface area contributed by atoms with Crippen molar-refractivity contribution in [1.82, 2.24) is 9.62 Å². The van der Waals surface area contributed by atoms with Gasteiger partial charge in [0, 0.05) is 13.1 Å². The van der Waals surface area contributed by atoms with Gasteiger partial charge < -0.3 is 9.32 Å². The minimum Gasteiger partial charge on any atom is -0.438 e. The fourth-order valence-corrected chi connectivity index (χ4v) is 3.77. The lowest BCUT2D eigenvalue weighted by Gasteiger charge is -2.31. The van der Waals surface area contributed by atoms with Crippen LogP contribution in [-0.2, 0) is 16.4 Å². The molecule has 3 rings (SSSR count). The molecule has 1 aliphatic heterocycles. The maximum atomic E-state index is 12.5. The molecule has 0 unspecified atom stereocenters. The number of amides is 1. The fourth-order valence-electron chi connectivity index (χ4n) is 3.12. The van der Waals surface area contributed by atoms with Gasteiger partial charge in [-0.05, 0) is 49.9 Å². The van der Waals surface area contributed by atoms with Crippen molar-refractivity contribution >= 4 is 15.9 Å². The third-order valence-electron chi connectivity index (χ3n) is 4.59. The van der Waals surface area contributed by atoms with Crippen LogP contribution in [0.1, 0.15) is 29.0 Å². The number of nitrogens with zero attached hydrogens (tertiary/aromatic N) is 1. The molecule has 0 atom stereocenters. The summed E-state index contributed by atoms with van der Waals surface area (Å²) in [6.07, 6.45) is 2.89. The molecule has 1 aliphatic rings. The second-order valence-electron chi connectivity index (χ2n) is 6.25. The van der Waals surface area contributed by atoms with Crippen LogP contribution in [0, 0.1) is 5.92 Å². The van der Waals surface area contributed by atoms with Gasteiger partial charge in [0.1, 0.15) is 0 Å². The molecule has 0 aliphatic carbocycles. The molecular weight excluding hydrogens is 340 g/mol. The average Bonchev–Trinajstić information content (AvgIpc) is 3.14. The molecule has 1 aromatic heterocycles. The SMILES string of the molecule is CNS(=O)(=O)c1ccc(C(=O)N2CCC(Cc3ccccc3)CC2)o1. The van der Waals surface area contributed by atoms with Gasteiger partial charge in [-0.15, -0.1) is 0 Å². The van der Waals surface area contributed by atoms with Crippen LogP contribution in [0.4, 0.5) is 0 Å². The number of carbonyl (C=O) groups is 1. The van der Waals surface area contributed by atoms with Crippen LogP contribution < -0.4 is 4.72 Å². The highest BCUT2D eigenvalue weighted by Gasteiger charge is 2.27. The van der Waals surface area contributed by atoms with E-state index in [0.29, 0.717) is 19.0 Å². The number of rotatable bonds is 5. The standard InChI is InChI=1S/C18H22N2O4S/c1-19-25(22,23)17-8-7-16(24-17)18(21)20-11-9-15(10-12-20)13-14-5-3-2-4-6-14/h2-8,15,19H,9-13H2,1H3. The monoisotopic (exact) mass is 362 g/mol. The molecule has 1 N–H and O–H groups in total. The van der Waals surface area contributed by atoms with E-state index in [2.05, 4.69) is 16.9 Å². The van der Waals surface area contributed by atoms with E-state index in [1.165, 1.54) is 24.7 Å². The average molecular weight is 362 g/mol. The third kappa shape index (κ3) is 4.11. The Hall–Kier alpha value is -2.12. The van der Waals surface area contributed by atoms with Gasteiger partial charge in [-0.2, -0.15) is 0 Å². The smallest absolute Gasteiger partial charge is 0.289 e. The van der Waals surface area contributed by atoms with Crippen molar-refractivity contribution in [3.8, 4) is 0 Å². The molecule has 0 bridgehead atoms. The van der Waals surface area contributed by atoms with Gasteiger partial charge in [0.05, 0.1) is 0 Å². The molecule has 134 valence electrons. The molecule has 6 nitrogen and oxygen atoms in total. The Morgan fingerprint density at radius 2 is 1.84 bits per heavy atom. The zero-order chi connectivity index (χ0) is 17.9. The Morgan fingerprint density at radius 3 is 2.48 bits per heavy atom. The van der Waals surface area contributed by atoms with Crippen molar-refractivity contribution in [2.45, 2.75) is 24.4 Å². The van der Waals surface area contributed by atoms with Crippen LogP contribution in [0.15, 0.2) is 52.0 Å². The molecular formula is C18H22N2O4S. The third-order valence-corrected chi connectivity index (χ3v) is 5.88. The minimum atomic E-state index is -3.67. The van der Waals surface area contributed by atoms with Crippen molar-refractivity contribution in [2.24, 2.45) is 5.92 Å².